The zero-order chi connectivity index (χ0) is 15.7. The molecule has 1 N–H and O–H groups in total. The van der Waals surface area contributed by atoms with Crippen LogP contribution in [0.5, 0.6) is 0 Å². The minimum absolute atomic E-state index is 0.124. The molecule has 2 rings (SSSR count). The number of methoxy groups -OCH3 is 1. The van der Waals surface area contributed by atoms with E-state index in [1.807, 2.05) is 6.92 Å². The smallest absolute Gasteiger partial charge is 0.340 e. The van der Waals surface area contributed by atoms with Gasteiger partial charge in [-0.2, -0.15) is 5.10 Å². The quantitative estimate of drug-likeness (QED) is 0.880. The number of amides is 1. The lowest BCUT2D eigenvalue weighted by Gasteiger charge is -2.03. The zero-order valence-electron chi connectivity index (χ0n) is 12.0. The number of nitrogens with zero attached hydrogens (tertiary/aromatic N) is 2. The van der Waals surface area contributed by atoms with Crippen LogP contribution in [-0.4, -0.2) is 28.8 Å². The maximum atomic E-state index is 12.3. The summed E-state index contributed by atoms with van der Waals surface area (Å²) in [5.74, 6) is -0.964. The van der Waals surface area contributed by atoms with Crippen LogP contribution in [0.4, 0.5) is 5.00 Å². The van der Waals surface area contributed by atoms with Gasteiger partial charge in [0, 0.05) is 11.9 Å². The molecule has 1 amide bonds. The first kappa shape index (κ1) is 15.5. The standard InChI is InChI=1S/C13H14ClN3O3S/c1-6-5-8(13(19)20-4)12(21-6)15-11(18)10-9(14)7(2)17(3)16-10/h5H,1-4H3,(H,15,18). The van der Waals surface area contributed by atoms with E-state index in [0.29, 0.717) is 21.3 Å². The molecule has 2 aromatic heterocycles. The zero-order valence-corrected chi connectivity index (χ0v) is 13.6. The first-order chi connectivity index (χ1) is 9.85. The Labute approximate surface area is 130 Å². The molecular formula is C13H14ClN3O3S. The number of esters is 1. The lowest BCUT2D eigenvalue weighted by Crippen LogP contribution is -2.15. The van der Waals surface area contributed by atoms with Gasteiger partial charge in [0.2, 0.25) is 0 Å². The van der Waals surface area contributed by atoms with Crippen molar-refractivity contribution in [3.8, 4) is 0 Å². The van der Waals surface area contributed by atoms with Crippen LogP contribution in [0.3, 0.4) is 0 Å². The largest absolute Gasteiger partial charge is 0.465 e. The Bertz CT molecular complexity index is 721. The summed E-state index contributed by atoms with van der Waals surface area (Å²) in [4.78, 5) is 24.8. The van der Waals surface area contributed by atoms with Crippen LogP contribution in [0.25, 0.3) is 0 Å². The van der Waals surface area contributed by atoms with Crippen molar-refractivity contribution in [3.63, 3.8) is 0 Å². The molecule has 0 aromatic carbocycles. The van der Waals surface area contributed by atoms with E-state index in [4.69, 9.17) is 16.3 Å². The molecule has 0 aliphatic carbocycles. The summed E-state index contributed by atoms with van der Waals surface area (Å²) >= 11 is 7.37. The van der Waals surface area contributed by atoms with Gasteiger partial charge in [-0.25, -0.2) is 4.79 Å². The van der Waals surface area contributed by atoms with Crippen molar-refractivity contribution in [2.75, 3.05) is 12.4 Å². The molecule has 2 heterocycles. The van der Waals surface area contributed by atoms with Crippen molar-refractivity contribution < 1.29 is 14.3 Å². The average molecular weight is 328 g/mol. The summed E-state index contributed by atoms with van der Waals surface area (Å²) < 4.78 is 6.22. The maximum Gasteiger partial charge on any atom is 0.340 e. The molecule has 0 saturated carbocycles. The molecule has 0 atom stereocenters. The summed E-state index contributed by atoms with van der Waals surface area (Å²) in [5, 5.41) is 7.45. The Morgan fingerprint density at radius 1 is 1.43 bits per heavy atom. The summed E-state index contributed by atoms with van der Waals surface area (Å²) in [5.41, 5.74) is 1.13. The van der Waals surface area contributed by atoms with Gasteiger partial charge in [0.25, 0.3) is 5.91 Å². The number of halogens is 1. The summed E-state index contributed by atoms with van der Waals surface area (Å²) in [6.07, 6.45) is 0. The average Bonchev–Trinajstić information content (AvgIpc) is 2.93. The number of hydrogen-bond acceptors (Lipinski definition) is 5. The molecule has 0 saturated heterocycles. The fourth-order valence-corrected chi connectivity index (χ4v) is 2.90. The molecule has 112 valence electrons. The lowest BCUT2D eigenvalue weighted by atomic mass is 10.3. The minimum Gasteiger partial charge on any atom is -0.465 e. The molecule has 6 nitrogen and oxygen atoms in total. The molecular weight excluding hydrogens is 314 g/mol. The highest BCUT2D eigenvalue weighted by molar-refractivity contribution is 7.16. The third-order valence-electron chi connectivity index (χ3n) is 2.96. The Morgan fingerprint density at radius 3 is 2.62 bits per heavy atom. The Hall–Kier alpha value is -1.86. The highest BCUT2D eigenvalue weighted by Crippen LogP contribution is 2.29. The van der Waals surface area contributed by atoms with Crippen LogP contribution in [-0.2, 0) is 11.8 Å². The SMILES string of the molecule is COC(=O)c1cc(C)sc1NC(=O)c1nn(C)c(C)c1Cl. The van der Waals surface area contributed by atoms with Gasteiger partial charge in [-0.15, -0.1) is 11.3 Å². The lowest BCUT2D eigenvalue weighted by molar-refractivity contribution is 0.0602. The van der Waals surface area contributed by atoms with Gasteiger partial charge in [-0.3, -0.25) is 9.48 Å². The van der Waals surface area contributed by atoms with Gasteiger partial charge in [0.1, 0.15) is 5.00 Å². The monoisotopic (exact) mass is 327 g/mol. The highest BCUT2D eigenvalue weighted by Gasteiger charge is 2.22. The molecule has 0 unspecified atom stereocenters. The third-order valence-corrected chi connectivity index (χ3v) is 4.38. The molecule has 0 radical (unpaired) electrons. The fourth-order valence-electron chi connectivity index (χ4n) is 1.76. The van der Waals surface area contributed by atoms with Crippen molar-refractivity contribution in [2.45, 2.75) is 13.8 Å². The number of ether oxygens (including phenoxy) is 1. The minimum atomic E-state index is -0.502. The van der Waals surface area contributed by atoms with Gasteiger partial charge in [-0.05, 0) is 19.9 Å². The van der Waals surface area contributed by atoms with E-state index >= 15 is 0 Å². The highest BCUT2D eigenvalue weighted by atomic mass is 35.5. The molecule has 0 bridgehead atoms. The summed E-state index contributed by atoms with van der Waals surface area (Å²) in [7, 11) is 2.99. The number of nitrogens with one attached hydrogen (secondary N) is 1. The van der Waals surface area contributed by atoms with Crippen molar-refractivity contribution in [1.29, 1.82) is 0 Å². The fraction of sp³-hybridized carbons (Fsp3) is 0.308. The van der Waals surface area contributed by atoms with E-state index in [1.54, 1.807) is 20.0 Å². The van der Waals surface area contributed by atoms with Crippen LogP contribution >= 0.6 is 22.9 Å². The number of rotatable bonds is 3. The molecule has 0 aliphatic rings. The van der Waals surface area contributed by atoms with Crippen molar-refractivity contribution in [2.24, 2.45) is 7.05 Å². The molecule has 8 heteroatoms. The Morgan fingerprint density at radius 2 is 2.10 bits per heavy atom. The first-order valence-corrected chi connectivity index (χ1v) is 7.23. The van der Waals surface area contributed by atoms with E-state index in [0.717, 1.165) is 4.88 Å². The van der Waals surface area contributed by atoms with E-state index < -0.39 is 11.9 Å². The van der Waals surface area contributed by atoms with Gasteiger partial charge >= 0.3 is 5.97 Å². The van der Waals surface area contributed by atoms with Crippen molar-refractivity contribution in [3.05, 3.63) is 32.9 Å². The second kappa shape index (κ2) is 5.87. The predicted molar refractivity (Wildman–Crippen MR) is 81.3 cm³/mol. The second-order valence-corrected chi connectivity index (χ2v) is 6.05. The number of hydrogen-bond donors (Lipinski definition) is 1. The third kappa shape index (κ3) is 2.93. The van der Waals surface area contributed by atoms with Crippen molar-refractivity contribution in [1.82, 2.24) is 9.78 Å². The van der Waals surface area contributed by atoms with Crippen LogP contribution in [0.1, 0.15) is 31.4 Å². The number of carbonyl (C=O) groups excluding carboxylic acids is 2. The number of carbonyl (C=O) groups is 2. The van der Waals surface area contributed by atoms with E-state index in [1.165, 1.54) is 23.1 Å². The molecule has 21 heavy (non-hydrogen) atoms. The van der Waals surface area contributed by atoms with E-state index in [-0.39, 0.29) is 5.69 Å². The number of thiophene rings is 1. The predicted octanol–water partition coefficient (Wildman–Crippen LogP) is 2.79. The number of anilines is 1. The van der Waals surface area contributed by atoms with Crippen molar-refractivity contribution >= 4 is 39.8 Å². The Kier molecular flexibility index (Phi) is 4.34. The summed E-state index contributed by atoms with van der Waals surface area (Å²) in [6.45, 7) is 3.60. The topological polar surface area (TPSA) is 73.2 Å². The molecule has 0 spiro atoms. The van der Waals surface area contributed by atoms with Gasteiger partial charge in [0.15, 0.2) is 5.69 Å². The van der Waals surface area contributed by atoms with Gasteiger partial charge < -0.3 is 10.1 Å². The van der Waals surface area contributed by atoms with Crippen LogP contribution in [0.2, 0.25) is 5.02 Å². The van der Waals surface area contributed by atoms with Gasteiger partial charge in [0.05, 0.1) is 23.4 Å². The van der Waals surface area contributed by atoms with E-state index in [2.05, 4.69) is 10.4 Å². The normalized spacial score (nSPS) is 10.5. The Balaban J connectivity index is 2.32. The molecule has 2 aromatic rings. The van der Waals surface area contributed by atoms with Gasteiger partial charge in [-0.1, -0.05) is 11.6 Å². The molecule has 0 aliphatic heterocycles. The van der Waals surface area contributed by atoms with Crippen LogP contribution in [0, 0.1) is 13.8 Å². The second-order valence-electron chi connectivity index (χ2n) is 4.42. The maximum absolute atomic E-state index is 12.3. The number of aryl methyl sites for hydroxylation is 2. The van der Waals surface area contributed by atoms with Crippen LogP contribution < -0.4 is 5.32 Å². The van der Waals surface area contributed by atoms with Crippen LogP contribution in [0.15, 0.2) is 6.07 Å². The van der Waals surface area contributed by atoms with E-state index in [9.17, 15) is 9.59 Å². The summed E-state index contributed by atoms with van der Waals surface area (Å²) in [6, 6.07) is 1.66. The first-order valence-electron chi connectivity index (χ1n) is 6.04. The molecule has 0 fully saturated rings. The number of aromatic nitrogens is 2.